The maximum Gasteiger partial charge on any atom is 0.254 e. The molecule has 0 fully saturated rings. The summed E-state index contributed by atoms with van der Waals surface area (Å²) in [6.45, 7) is 3.58. The van der Waals surface area contributed by atoms with Crippen molar-refractivity contribution in [2.45, 2.75) is 26.3 Å². The second-order valence-electron chi connectivity index (χ2n) is 7.57. The molecule has 1 aromatic carbocycles. The highest BCUT2D eigenvalue weighted by molar-refractivity contribution is 6.36. The summed E-state index contributed by atoms with van der Waals surface area (Å²) in [5, 5.41) is 7.35. The van der Waals surface area contributed by atoms with Crippen LogP contribution in [0.15, 0.2) is 51.7 Å². The molecule has 35 heavy (non-hydrogen) atoms. The molecule has 11 nitrogen and oxygen atoms in total. The number of carbonyl (C=O) groups is 2. The van der Waals surface area contributed by atoms with Gasteiger partial charge in [0.05, 0.1) is 17.1 Å². The topological polar surface area (TPSA) is 188 Å². The lowest BCUT2D eigenvalue weighted by Gasteiger charge is -2.10. The van der Waals surface area contributed by atoms with Crippen LogP contribution >= 0.6 is 23.2 Å². The molecule has 0 atom stereocenters. The molecule has 0 aliphatic rings. The number of amidine groups is 1. The van der Waals surface area contributed by atoms with E-state index in [0.717, 1.165) is 0 Å². The molecule has 7 N–H and O–H groups in total. The number of carbonyl (C=O) groups excluding carboxylic acids is 2. The third-order valence-corrected chi connectivity index (χ3v) is 5.03. The highest BCUT2D eigenvalue weighted by Crippen LogP contribution is 2.30. The van der Waals surface area contributed by atoms with Gasteiger partial charge < -0.3 is 21.7 Å². The minimum Gasteiger partial charge on any atom is -0.397 e. The summed E-state index contributed by atoms with van der Waals surface area (Å²) in [5.41, 5.74) is 18.5. The molecule has 0 saturated heterocycles. The predicted octanol–water partition coefficient (Wildman–Crippen LogP) is 2.54. The van der Waals surface area contributed by atoms with Crippen molar-refractivity contribution in [3.05, 3.63) is 63.7 Å². The number of hydrogen-bond acceptors (Lipinski definition) is 8. The molecule has 2 heterocycles. The van der Waals surface area contributed by atoms with Crippen molar-refractivity contribution in [1.29, 1.82) is 0 Å². The van der Waals surface area contributed by atoms with E-state index in [4.69, 9.17) is 44.9 Å². The minimum atomic E-state index is -0.834. The predicted molar refractivity (Wildman–Crippen MR) is 133 cm³/mol. The van der Waals surface area contributed by atoms with Crippen LogP contribution in [0.1, 0.15) is 25.2 Å². The summed E-state index contributed by atoms with van der Waals surface area (Å²) in [4.78, 5) is 36.6. The summed E-state index contributed by atoms with van der Waals surface area (Å²) >= 11 is 12.1. The Morgan fingerprint density at radius 1 is 1.11 bits per heavy atom. The lowest BCUT2D eigenvalue weighted by Crippen LogP contribution is -2.30. The number of amides is 2. The zero-order valence-electron chi connectivity index (χ0n) is 18.8. The van der Waals surface area contributed by atoms with Gasteiger partial charge in [-0.3, -0.25) is 19.9 Å². The number of primary amides is 1. The molecule has 0 aliphatic heterocycles. The van der Waals surface area contributed by atoms with E-state index in [9.17, 15) is 9.59 Å². The van der Waals surface area contributed by atoms with Gasteiger partial charge in [-0.15, -0.1) is 0 Å². The first-order valence-corrected chi connectivity index (χ1v) is 11.0. The fourth-order valence-corrected chi connectivity index (χ4v) is 3.46. The summed E-state index contributed by atoms with van der Waals surface area (Å²) in [7, 11) is 0. The molecule has 3 rings (SSSR count). The molecule has 0 radical (unpaired) electrons. The molecular weight excluding hydrogens is 495 g/mol. The zero-order valence-corrected chi connectivity index (χ0v) is 20.3. The lowest BCUT2D eigenvalue weighted by atomic mass is 10.1. The summed E-state index contributed by atoms with van der Waals surface area (Å²) in [6, 6.07) is 6.29. The van der Waals surface area contributed by atoms with Crippen LogP contribution < -0.4 is 22.5 Å². The highest BCUT2D eigenvalue weighted by atomic mass is 35.5. The Labute approximate surface area is 210 Å². The van der Waals surface area contributed by atoms with Crippen LogP contribution in [0.4, 0.5) is 5.88 Å². The van der Waals surface area contributed by atoms with Crippen molar-refractivity contribution in [1.82, 2.24) is 15.1 Å². The number of rotatable bonds is 8. The summed E-state index contributed by atoms with van der Waals surface area (Å²) in [6.07, 6.45) is 2.54. The Morgan fingerprint density at radius 3 is 2.40 bits per heavy atom. The normalized spacial score (nSPS) is 12.4. The largest absolute Gasteiger partial charge is 0.397 e. The molecule has 0 unspecified atom stereocenters. The molecule has 0 saturated carbocycles. The number of nitrogens with zero attached hydrogens (tertiary/aromatic N) is 4. The third kappa shape index (κ3) is 6.55. The van der Waals surface area contributed by atoms with E-state index < -0.39 is 11.8 Å². The van der Waals surface area contributed by atoms with Crippen LogP contribution in [0.3, 0.4) is 0 Å². The first-order chi connectivity index (χ1) is 16.5. The Balaban J connectivity index is 1.70. The Kier molecular flexibility index (Phi) is 8.05. The molecule has 2 aromatic heterocycles. The van der Waals surface area contributed by atoms with E-state index in [1.165, 1.54) is 18.5 Å². The van der Waals surface area contributed by atoms with Gasteiger partial charge in [-0.1, -0.05) is 28.4 Å². The molecule has 0 bridgehead atoms. The van der Waals surface area contributed by atoms with Crippen LogP contribution in [0.2, 0.25) is 10.0 Å². The van der Waals surface area contributed by atoms with Gasteiger partial charge in [0.2, 0.25) is 11.8 Å². The van der Waals surface area contributed by atoms with Gasteiger partial charge in [-0.05, 0) is 32.0 Å². The van der Waals surface area contributed by atoms with Crippen molar-refractivity contribution in [2.24, 2.45) is 22.2 Å². The van der Waals surface area contributed by atoms with Gasteiger partial charge in [0.25, 0.3) is 5.91 Å². The van der Waals surface area contributed by atoms with E-state index in [1.54, 1.807) is 32.0 Å². The molecule has 2 amide bonds. The summed E-state index contributed by atoms with van der Waals surface area (Å²) < 4.78 is 5.16. The van der Waals surface area contributed by atoms with Gasteiger partial charge in [0.1, 0.15) is 22.9 Å². The Hall–Kier alpha value is -3.96. The van der Waals surface area contributed by atoms with Gasteiger partial charge in [0, 0.05) is 40.7 Å². The van der Waals surface area contributed by atoms with Crippen molar-refractivity contribution < 1.29 is 14.1 Å². The Bertz CT molecular complexity index is 1320. The van der Waals surface area contributed by atoms with E-state index in [2.05, 4.69) is 25.4 Å². The van der Waals surface area contributed by atoms with Crippen molar-refractivity contribution in [2.75, 3.05) is 5.32 Å². The summed E-state index contributed by atoms with van der Waals surface area (Å²) in [5.74, 6) is -1.05. The fraction of sp³-hybridized carbons (Fsp3) is 0.182. The fourth-order valence-electron chi connectivity index (χ4n) is 2.95. The molecule has 0 aliphatic carbocycles. The molecular formula is C22H22Cl2N8O3. The van der Waals surface area contributed by atoms with Crippen molar-refractivity contribution in [3.63, 3.8) is 0 Å². The molecule has 182 valence electrons. The van der Waals surface area contributed by atoms with Crippen LogP contribution in [0, 0.1) is 0 Å². The second kappa shape index (κ2) is 11.0. The van der Waals surface area contributed by atoms with E-state index in [0.29, 0.717) is 26.9 Å². The quantitative estimate of drug-likeness (QED) is 0.199. The van der Waals surface area contributed by atoms with Crippen LogP contribution in [-0.4, -0.2) is 38.8 Å². The zero-order chi connectivity index (χ0) is 25.7. The van der Waals surface area contributed by atoms with Crippen molar-refractivity contribution >= 4 is 52.4 Å². The SMILES string of the molecule is CC(C)N=C(N)/C(C(N)=O)=C(\N)c1cnc(CC(=O)Nc2cc(-c3ccc(Cl)cc3Cl)no2)nc1. The van der Waals surface area contributed by atoms with Crippen LogP contribution in [-0.2, 0) is 16.0 Å². The number of aliphatic imine (C=N–C) groups is 1. The monoisotopic (exact) mass is 516 g/mol. The molecule has 0 spiro atoms. The van der Waals surface area contributed by atoms with Crippen molar-refractivity contribution in [3.8, 4) is 11.3 Å². The molecule has 13 heteroatoms. The Morgan fingerprint density at radius 2 is 1.80 bits per heavy atom. The first kappa shape index (κ1) is 25.7. The van der Waals surface area contributed by atoms with Crippen LogP contribution in [0.25, 0.3) is 17.0 Å². The number of aromatic nitrogens is 3. The highest BCUT2D eigenvalue weighted by Gasteiger charge is 2.18. The van der Waals surface area contributed by atoms with Gasteiger partial charge >= 0.3 is 0 Å². The molecule has 3 aromatic rings. The number of hydrogen-bond donors (Lipinski definition) is 4. The van der Waals surface area contributed by atoms with Gasteiger partial charge in [-0.25, -0.2) is 9.97 Å². The van der Waals surface area contributed by atoms with Gasteiger partial charge in [0.15, 0.2) is 0 Å². The van der Waals surface area contributed by atoms with Crippen LogP contribution in [0.5, 0.6) is 0 Å². The average Bonchev–Trinajstić information content (AvgIpc) is 3.21. The number of halogens is 2. The maximum atomic E-state index is 12.4. The number of nitrogens with two attached hydrogens (primary N) is 3. The number of anilines is 1. The van der Waals surface area contributed by atoms with E-state index in [-0.39, 0.29) is 41.3 Å². The third-order valence-electron chi connectivity index (χ3n) is 4.48. The smallest absolute Gasteiger partial charge is 0.254 e. The number of benzene rings is 1. The number of nitrogens with one attached hydrogen (secondary N) is 1. The van der Waals surface area contributed by atoms with E-state index >= 15 is 0 Å². The maximum absolute atomic E-state index is 12.4. The standard InChI is InChI=1S/C22H22Cl2N8O3/c1-10(2)30-21(26)19(22(27)34)20(25)11-8-28-16(29-9-11)7-17(33)31-18-6-15(32-35-18)13-4-3-12(23)5-14(13)24/h3-6,8-10H,7,25H2,1-2H3,(H2,26,30)(H2,27,34)(H,31,33)/b20-19+. The van der Waals surface area contributed by atoms with Gasteiger partial charge in [-0.2, -0.15) is 0 Å². The lowest BCUT2D eigenvalue weighted by molar-refractivity contribution is -0.116. The van der Waals surface area contributed by atoms with E-state index in [1.807, 2.05) is 0 Å². The second-order valence-corrected chi connectivity index (χ2v) is 8.42. The first-order valence-electron chi connectivity index (χ1n) is 10.2. The average molecular weight is 517 g/mol. The minimum absolute atomic E-state index is 0.0227.